The molecular formula is C16H16BrNO3. The predicted molar refractivity (Wildman–Crippen MR) is 86.5 cm³/mol. The van der Waals surface area contributed by atoms with Crippen LogP contribution in [0.5, 0.6) is 11.5 Å². The maximum Gasteiger partial charge on any atom is 0.181 e. The third-order valence-corrected chi connectivity index (χ3v) is 3.48. The third-order valence-electron chi connectivity index (χ3n) is 2.98. The van der Waals surface area contributed by atoms with Gasteiger partial charge in [-0.25, -0.2) is 0 Å². The van der Waals surface area contributed by atoms with E-state index in [0.717, 1.165) is 10.2 Å². The van der Waals surface area contributed by atoms with Crippen LogP contribution < -0.4 is 14.8 Å². The van der Waals surface area contributed by atoms with E-state index in [-0.39, 0.29) is 12.3 Å². The monoisotopic (exact) mass is 349 g/mol. The van der Waals surface area contributed by atoms with Gasteiger partial charge in [0, 0.05) is 15.7 Å². The molecule has 0 amide bonds. The second-order valence-electron chi connectivity index (χ2n) is 4.36. The van der Waals surface area contributed by atoms with Crippen LogP contribution in [0.25, 0.3) is 0 Å². The molecule has 0 saturated heterocycles. The highest BCUT2D eigenvalue weighted by atomic mass is 79.9. The summed E-state index contributed by atoms with van der Waals surface area (Å²) in [5.41, 5.74) is 1.47. The second kappa shape index (κ2) is 7.13. The lowest BCUT2D eigenvalue weighted by Gasteiger charge is -2.10. The van der Waals surface area contributed by atoms with Crippen molar-refractivity contribution in [2.45, 2.75) is 0 Å². The quantitative estimate of drug-likeness (QED) is 0.806. The van der Waals surface area contributed by atoms with Gasteiger partial charge in [-0.2, -0.15) is 0 Å². The molecule has 4 nitrogen and oxygen atoms in total. The van der Waals surface area contributed by atoms with Gasteiger partial charge in [0.2, 0.25) is 0 Å². The first-order valence-corrected chi connectivity index (χ1v) is 7.18. The summed E-state index contributed by atoms with van der Waals surface area (Å²) in [7, 11) is 3.11. The topological polar surface area (TPSA) is 47.6 Å². The Hall–Kier alpha value is -2.01. The zero-order chi connectivity index (χ0) is 15.2. The van der Waals surface area contributed by atoms with Gasteiger partial charge in [-0.3, -0.25) is 4.79 Å². The van der Waals surface area contributed by atoms with Crippen molar-refractivity contribution < 1.29 is 14.3 Å². The molecule has 0 atom stereocenters. The molecule has 0 bridgehead atoms. The van der Waals surface area contributed by atoms with Crippen molar-refractivity contribution in [3.63, 3.8) is 0 Å². The molecular weight excluding hydrogens is 334 g/mol. The van der Waals surface area contributed by atoms with Gasteiger partial charge < -0.3 is 14.8 Å². The zero-order valence-corrected chi connectivity index (χ0v) is 13.4. The molecule has 0 unspecified atom stereocenters. The molecule has 0 aliphatic rings. The highest BCUT2D eigenvalue weighted by Crippen LogP contribution is 2.27. The summed E-state index contributed by atoms with van der Waals surface area (Å²) in [6.45, 7) is 0.214. The molecule has 5 heteroatoms. The summed E-state index contributed by atoms with van der Waals surface area (Å²) in [4.78, 5) is 12.2. The number of ketones is 1. The van der Waals surface area contributed by atoms with Crippen molar-refractivity contribution in [1.82, 2.24) is 0 Å². The number of ether oxygens (including phenoxy) is 2. The molecule has 2 rings (SSSR count). The van der Waals surface area contributed by atoms with E-state index < -0.39 is 0 Å². The van der Waals surface area contributed by atoms with Gasteiger partial charge in [0.1, 0.15) is 0 Å². The standard InChI is InChI=1S/C16H16BrNO3/c1-20-15-7-6-11(8-16(15)21-2)14(19)10-18-13-5-3-4-12(17)9-13/h3-9,18H,10H2,1-2H3. The van der Waals surface area contributed by atoms with E-state index in [4.69, 9.17) is 9.47 Å². The Balaban J connectivity index is 2.06. The molecule has 21 heavy (non-hydrogen) atoms. The number of Topliss-reactive ketones (excluding diaryl/α,β-unsaturated/α-hetero) is 1. The van der Waals surface area contributed by atoms with Crippen LogP contribution in [0, 0.1) is 0 Å². The SMILES string of the molecule is COc1ccc(C(=O)CNc2cccc(Br)c2)cc1OC. The molecule has 0 aliphatic carbocycles. The van der Waals surface area contributed by atoms with Gasteiger partial charge in [-0.05, 0) is 36.4 Å². The van der Waals surface area contributed by atoms with Crippen LogP contribution in [0.1, 0.15) is 10.4 Å². The summed E-state index contributed by atoms with van der Waals surface area (Å²) in [6.07, 6.45) is 0. The van der Waals surface area contributed by atoms with Gasteiger partial charge in [0.25, 0.3) is 0 Å². The molecule has 1 N–H and O–H groups in total. The number of nitrogens with one attached hydrogen (secondary N) is 1. The number of rotatable bonds is 6. The minimum absolute atomic E-state index is 0.0177. The number of carbonyl (C=O) groups is 1. The summed E-state index contributed by atoms with van der Waals surface area (Å²) < 4.78 is 11.3. The lowest BCUT2D eigenvalue weighted by molar-refractivity contribution is 0.101. The van der Waals surface area contributed by atoms with E-state index in [1.54, 1.807) is 32.4 Å². The molecule has 0 saturated carbocycles. The molecule has 2 aromatic carbocycles. The van der Waals surface area contributed by atoms with Crippen LogP contribution in [0.4, 0.5) is 5.69 Å². The number of methoxy groups -OCH3 is 2. The van der Waals surface area contributed by atoms with E-state index in [1.807, 2.05) is 24.3 Å². The van der Waals surface area contributed by atoms with Crippen LogP contribution in [0.2, 0.25) is 0 Å². The van der Waals surface area contributed by atoms with Crippen LogP contribution >= 0.6 is 15.9 Å². The number of hydrogen-bond donors (Lipinski definition) is 1. The highest BCUT2D eigenvalue weighted by Gasteiger charge is 2.10. The Morgan fingerprint density at radius 3 is 2.52 bits per heavy atom. The van der Waals surface area contributed by atoms with Gasteiger partial charge in [-0.15, -0.1) is 0 Å². The predicted octanol–water partition coefficient (Wildman–Crippen LogP) is 3.76. The number of halogens is 1. The van der Waals surface area contributed by atoms with Crippen molar-refractivity contribution in [3.8, 4) is 11.5 Å². The van der Waals surface area contributed by atoms with Gasteiger partial charge in [0.05, 0.1) is 20.8 Å². The number of benzene rings is 2. The molecule has 0 aromatic heterocycles. The molecule has 0 radical (unpaired) electrons. The molecule has 2 aromatic rings. The first kappa shape index (κ1) is 15.4. The Morgan fingerprint density at radius 1 is 1.10 bits per heavy atom. The fourth-order valence-electron chi connectivity index (χ4n) is 1.89. The average molecular weight is 350 g/mol. The van der Waals surface area contributed by atoms with Crippen molar-refractivity contribution >= 4 is 27.4 Å². The Labute approximate surface area is 132 Å². The highest BCUT2D eigenvalue weighted by molar-refractivity contribution is 9.10. The fraction of sp³-hybridized carbons (Fsp3) is 0.188. The molecule has 0 fully saturated rings. The second-order valence-corrected chi connectivity index (χ2v) is 5.27. The summed E-state index contributed by atoms with van der Waals surface area (Å²) in [6, 6.07) is 12.8. The molecule has 0 aliphatic heterocycles. The Morgan fingerprint density at radius 2 is 1.86 bits per heavy atom. The summed E-state index contributed by atoms with van der Waals surface area (Å²) in [5, 5.41) is 3.10. The Kier molecular flexibility index (Phi) is 5.22. The summed E-state index contributed by atoms with van der Waals surface area (Å²) >= 11 is 3.39. The fourth-order valence-corrected chi connectivity index (χ4v) is 2.29. The van der Waals surface area contributed by atoms with Gasteiger partial charge in [-0.1, -0.05) is 22.0 Å². The number of anilines is 1. The van der Waals surface area contributed by atoms with E-state index in [9.17, 15) is 4.79 Å². The first-order valence-electron chi connectivity index (χ1n) is 6.38. The van der Waals surface area contributed by atoms with E-state index in [2.05, 4.69) is 21.2 Å². The average Bonchev–Trinajstić information content (AvgIpc) is 2.52. The van der Waals surface area contributed by atoms with E-state index >= 15 is 0 Å². The maximum atomic E-state index is 12.2. The molecule has 110 valence electrons. The van der Waals surface area contributed by atoms with Gasteiger partial charge >= 0.3 is 0 Å². The number of carbonyl (C=O) groups excluding carboxylic acids is 1. The largest absolute Gasteiger partial charge is 0.493 e. The van der Waals surface area contributed by atoms with Crippen molar-refractivity contribution in [3.05, 3.63) is 52.5 Å². The smallest absolute Gasteiger partial charge is 0.181 e. The zero-order valence-electron chi connectivity index (χ0n) is 11.9. The van der Waals surface area contributed by atoms with Crippen molar-refractivity contribution in [2.24, 2.45) is 0 Å². The first-order chi connectivity index (χ1) is 10.1. The summed E-state index contributed by atoms with van der Waals surface area (Å²) in [5.74, 6) is 1.13. The van der Waals surface area contributed by atoms with Gasteiger partial charge in [0.15, 0.2) is 17.3 Å². The number of hydrogen-bond acceptors (Lipinski definition) is 4. The molecule has 0 heterocycles. The van der Waals surface area contributed by atoms with Crippen LogP contribution in [0.3, 0.4) is 0 Å². The normalized spacial score (nSPS) is 10.0. The molecule has 0 spiro atoms. The van der Waals surface area contributed by atoms with Crippen molar-refractivity contribution in [1.29, 1.82) is 0 Å². The third kappa shape index (κ3) is 3.98. The van der Waals surface area contributed by atoms with E-state index in [0.29, 0.717) is 17.1 Å². The van der Waals surface area contributed by atoms with E-state index in [1.165, 1.54) is 0 Å². The Bertz CT molecular complexity index is 643. The van der Waals surface area contributed by atoms with Crippen LogP contribution in [-0.2, 0) is 0 Å². The maximum absolute atomic E-state index is 12.2. The lowest BCUT2D eigenvalue weighted by atomic mass is 10.1. The van der Waals surface area contributed by atoms with Crippen LogP contribution in [-0.4, -0.2) is 26.5 Å². The minimum atomic E-state index is -0.0177. The lowest BCUT2D eigenvalue weighted by Crippen LogP contribution is -2.14. The van der Waals surface area contributed by atoms with Crippen LogP contribution in [0.15, 0.2) is 46.9 Å². The van der Waals surface area contributed by atoms with Crippen molar-refractivity contribution in [2.75, 3.05) is 26.1 Å². The minimum Gasteiger partial charge on any atom is -0.493 e.